The van der Waals surface area contributed by atoms with Crippen molar-refractivity contribution < 1.29 is 0 Å². The molecule has 2 aromatic carbocycles. The molecule has 4 rings (SSSR count). The molecule has 5 heteroatoms. The highest BCUT2D eigenvalue weighted by Gasteiger charge is 2.18. The summed E-state index contributed by atoms with van der Waals surface area (Å²) in [4.78, 5) is 8.39. The van der Waals surface area contributed by atoms with Crippen molar-refractivity contribution >= 4 is 21.9 Å². The summed E-state index contributed by atoms with van der Waals surface area (Å²) in [5.41, 5.74) is 11.7. The van der Waals surface area contributed by atoms with E-state index in [1.54, 1.807) is 0 Å². The lowest BCUT2D eigenvalue weighted by Gasteiger charge is -2.05. The number of hydrogen-bond acceptors (Lipinski definition) is 3. The van der Waals surface area contributed by atoms with Gasteiger partial charge < -0.3 is 15.3 Å². The summed E-state index contributed by atoms with van der Waals surface area (Å²) in [7, 11) is 2.04. The second kappa shape index (κ2) is 6.66. The molecule has 0 bridgehead atoms. The lowest BCUT2D eigenvalue weighted by atomic mass is 10.0. The molecule has 2 heterocycles. The van der Waals surface area contributed by atoms with Gasteiger partial charge in [0.2, 0.25) is 0 Å². The summed E-state index contributed by atoms with van der Waals surface area (Å²) in [6, 6.07) is 16.2. The molecule has 3 N–H and O–H groups in total. The van der Waals surface area contributed by atoms with Gasteiger partial charge in [0.05, 0.1) is 28.4 Å². The van der Waals surface area contributed by atoms with Crippen LogP contribution < -0.4 is 5.73 Å². The number of unbranched alkanes of at least 4 members (excludes halogenated alkanes) is 1. The van der Waals surface area contributed by atoms with Crippen LogP contribution in [0.3, 0.4) is 0 Å². The van der Waals surface area contributed by atoms with Crippen LogP contribution in [0, 0.1) is 11.3 Å². The second-order valence-corrected chi connectivity index (χ2v) is 6.58. The fourth-order valence-corrected chi connectivity index (χ4v) is 3.58. The fourth-order valence-electron chi connectivity index (χ4n) is 3.58. The number of aromatic nitrogens is 3. The molecule has 0 fully saturated rings. The molecule has 26 heavy (non-hydrogen) atoms. The molecular weight excluding hydrogens is 322 g/mol. The number of aromatic amines is 1. The number of aryl methyl sites for hydroxylation is 2. The Hall–Kier alpha value is -3.10. The normalized spacial score (nSPS) is 11.3. The van der Waals surface area contributed by atoms with Gasteiger partial charge >= 0.3 is 0 Å². The molecular formula is C21H21N5. The van der Waals surface area contributed by atoms with Gasteiger partial charge in [-0.1, -0.05) is 12.1 Å². The van der Waals surface area contributed by atoms with Gasteiger partial charge in [-0.25, -0.2) is 4.98 Å². The average Bonchev–Trinajstić information content (AvgIpc) is 3.19. The third-order valence-corrected chi connectivity index (χ3v) is 4.93. The molecule has 0 amide bonds. The van der Waals surface area contributed by atoms with E-state index in [0.29, 0.717) is 12.1 Å². The smallest absolute Gasteiger partial charge is 0.157 e. The Labute approximate surface area is 152 Å². The Morgan fingerprint density at radius 1 is 1.19 bits per heavy atom. The molecule has 0 aliphatic carbocycles. The van der Waals surface area contributed by atoms with Crippen LogP contribution in [0.15, 0.2) is 42.5 Å². The number of hydrogen-bond donors (Lipinski definition) is 2. The largest absolute Gasteiger partial charge is 0.352 e. The molecule has 0 radical (unpaired) electrons. The minimum absolute atomic E-state index is 0.674. The first-order chi connectivity index (χ1) is 12.7. The summed E-state index contributed by atoms with van der Waals surface area (Å²) < 4.78 is 2.12. The number of imidazole rings is 1. The van der Waals surface area contributed by atoms with Gasteiger partial charge in [0, 0.05) is 18.0 Å². The molecule has 5 nitrogen and oxygen atoms in total. The van der Waals surface area contributed by atoms with Crippen molar-refractivity contribution in [3.63, 3.8) is 0 Å². The minimum Gasteiger partial charge on any atom is -0.352 e. The highest BCUT2D eigenvalue weighted by atomic mass is 15.1. The van der Waals surface area contributed by atoms with Gasteiger partial charge in [0.1, 0.15) is 0 Å². The van der Waals surface area contributed by atoms with Crippen LogP contribution in [0.4, 0.5) is 0 Å². The van der Waals surface area contributed by atoms with Crippen LogP contribution in [0.1, 0.15) is 24.0 Å². The van der Waals surface area contributed by atoms with Crippen molar-refractivity contribution in [1.82, 2.24) is 14.5 Å². The van der Waals surface area contributed by atoms with Crippen LogP contribution in [0.2, 0.25) is 0 Å². The maximum atomic E-state index is 9.27. The van der Waals surface area contributed by atoms with E-state index in [1.807, 2.05) is 43.4 Å². The Kier molecular flexibility index (Phi) is 4.19. The van der Waals surface area contributed by atoms with E-state index >= 15 is 0 Å². The quantitative estimate of drug-likeness (QED) is 0.540. The number of para-hydroxylation sites is 2. The van der Waals surface area contributed by atoms with Gasteiger partial charge in [-0.05, 0) is 61.7 Å². The highest BCUT2D eigenvalue weighted by Crippen LogP contribution is 2.33. The summed E-state index contributed by atoms with van der Waals surface area (Å²) >= 11 is 0. The number of nitrogens with two attached hydrogens (primary N) is 1. The summed E-state index contributed by atoms with van der Waals surface area (Å²) in [5, 5.41) is 10.4. The maximum Gasteiger partial charge on any atom is 0.157 e. The third kappa shape index (κ3) is 2.65. The Morgan fingerprint density at radius 2 is 2.04 bits per heavy atom. The highest BCUT2D eigenvalue weighted by molar-refractivity contribution is 5.92. The molecule has 0 unspecified atom stereocenters. The molecule has 130 valence electrons. The summed E-state index contributed by atoms with van der Waals surface area (Å²) in [6.07, 6.45) is 2.90. The SMILES string of the molecule is Cn1c(-c2[nH]c3ccc(C#N)cc3c2CCCCN)nc2ccccc21. The summed E-state index contributed by atoms with van der Waals surface area (Å²) in [5.74, 6) is 0.920. The lowest BCUT2D eigenvalue weighted by Crippen LogP contribution is -2.00. The average molecular weight is 343 g/mol. The Bertz CT molecular complexity index is 1130. The van der Waals surface area contributed by atoms with E-state index in [1.165, 1.54) is 5.56 Å². The number of nitrogens with zero attached hydrogens (tertiary/aromatic N) is 3. The monoisotopic (exact) mass is 343 g/mol. The molecule has 0 atom stereocenters. The number of nitriles is 1. The predicted molar refractivity (Wildman–Crippen MR) is 105 cm³/mol. The van der Waals surface area contributed by atoms with Gasteiger partial charge in [0.25, 0.3) is 0 Å². The van der Waals surface area contributed by atoms with Crippen molar-refractivity contribution in [3.8, 4) is 17.6 Å². The second-order valence-electron chi connectivity index (χ2n) is 6.58. The van der Waals surface area contributed by atoms with Crippen LogP contribution in [0.25, 0.3) is 33.5 Å². The predicted octanol–water partition coefficient (Wildman–Crippen LogP) is 3.87. The summed E-state index contributed by atoms with van der Waals surface area (Å²) in [6.45, 7) is 0.688. The van der Waals surface area contributed by atoms with E-state index in [4.69, 9.17) is 10.7 Å². The minimum atomic E-state index is 0.674. The van der Waals surface area contributed by atoms with Crippen LogP contribution in [0.5, 0.6) is 0 Å². The van der Waals surface area contributed by atoms with E-state index in [2.05, 4.69) is 21.7 Å². The maximum absolute atomic E-state index is 9.27. The van der Waals surface area contributed by atoms with Crippen molar-refractivity contribution in [2.75, 3.05) is 6.54 Å². The van der Waals surface area contributed by atoms with Crippen LogP contribution >= 0.6 is 0 Å². The van der Waals surface area contributed by atoms with E-state index < -0.39 is 0 Å². The first kappa shape index (κ1) is 16.4. The van der Waals surface area contributed by atoms with E-state index in [0.717, 1.165) is 52.7 Å². The van der Waals surface area contributed by atoms with Crippen molar-refractivity contribution in [2.45, 2.75) is 19.3 Å². The molecule has 0 saturated carbocycles. The zero-order valence-electron chi connectivity index (χ0n) is 14.8. The molecule has 2 aromatic heterocycles. The number of benzene rings is 2. The van der Waals surface area contributed by atoms with Gasteiger partial charge in [-0.3, -0.25) is 0 Å². The fraction of sp³-hybridized carbons (Fsp3) is 0.238. The number of rotatable bonds is 5. The molecule has 4 aromatic rings. The Morgan fingerprint density at radius 3 is 2.81 bits per heavy atom. The molecule has 0 saturated heterocycles. The van der Waals surface area contributed by atoms with Gasteiger partial charge in [0.15, 0.2) is 5.82 Å². The Balaban J connectivity index is 1.93. The molecule has 0 aliphatic rings. The number of fused-ring (bicyclic) bond motifs is 2. The number of nitrogens with one attached hydrogen (secondary N) is 1. The van der Waals surface area contributed by atoms with Crippen molar-refractivity contribution in [2.24, 2.45) is 12.8 Å². The first-order valence-electron chi connectivity index (χ1n) is 8.89. The molecule has 0 aliphatic heterocycles. The zero-order chi connectivity index (χ0) is 18.1. The standard InChI is InChI=1S/C21H21N5/c1-26-19-8-3-2-7-18(19)25-21(26)20-15(6-4-5-11-22)16-12-14(13-23)9-10-17(16)24-20/h2-3,7-10,12,24H,4-6,11,22H2,1H3. The topological polar surface area (TPSA) is 83.4 Å². The van der Waals surface area contributed by atoms with Crippen LogP contribution in [-0.2, 0) is 13.5 Å². The lowest BCUT2D eigenvalue weighted by molar-refractivity contribution is 0.747. The van der Waals surface area contributed by atoms with Crippen LogP contribution in [-0.4, -0.2) is 21.1 Å². The van der Waals surface area contributed by atoms with Gasteiger partial charge in [-0.15, -0.1) is 0 Å². The van der Waals surface area contributed by atoms with Crippen molar-refractivity contribution in [3.05, 3.63) is 53.6 Å². The number of H-pyrrole nitrogens is 1. The first-order valence-corrected chi connectivity index (χ1v) is 8.89. The van der Waals surface area contributed by atoms with Crippen molar-refractivity contribution in [1.29, 1.82) is 5.26 Å². The van der Waals surface area contributed by atoms with Gasteiger partial charge in [-0.2, -0.15) is 5.26 Å². The van der Waals surface area contributed by atoms with E-state index in [-0.39, 0.29) is 0 Å². The zero-order valence-corrected chi connectivity index (χ0v) is 14.8. The van der Waals surface area contributed by atoms with E-state index in [9.17, 15) is 5.26 Å². The molecule has 0 spiro atoms. The third-order valence-electron chi connectivity index (χ3n) is 4.93.